The Balaban J connectivity index is 2.15. The summed E-state index contributed by atoms with van der Waals surface area (Å²) in [6.07, 6.45) is -0.150. The van der Waals surface area contributed by atoms with Crippen molar-refractivity contribution in [2.45, 2.75) is 19.1 Å². The van der Waals surface area contributed by atoms with Crippen molar-refractivity contribution in [3.8, 4) is 0 Å². The fourth-order valence-electron chi connectivity index (χ4n) is 2.21. The molecular formula is C13H18BrFN2O. The van der Waals surface area contributed by atoms with E-state index in [4.69, 9.17) is 10.5 Å². The van der Waals surface area contributed by atoms with Crippen LogP contribution >= 0.6 is 15.9 Å². The van der Waals surface area contributed by atoms with E-state index in [2.05, 4.69) is 27.8 Å². The van der Waals surface area contributed by atoms with Gasteiger partial charge in [-0.1, -0.05) is 19.1 Å². The van der Waals surface area contributed by atoms with Crippen LogP contribution < -0.4 is 5.73 Å². The van der Waals surface area contributed by atoms with Gasteiger partial charge in [0.05, 0.1) is 23.2 Å². The standard InChI is InChI=1S/C13H18BrFN2O/c1-2-17-6-7-18-11(8-17)13(16)9-4-3-5-10(14)12(9)15/h3-5,11,13H,2,6-8,16H2,1H3. The third kappa shape index (κ3) is 2.91. The Morgan fingerprint density at radius 3 is 3.11 bits per heavy atom. The largest absolute Gasteiger partial charge is 0.374 e. The number of halogens is 2. The predicted molar refractivity (Wildman–Crippen MR) is 72.9 cm³/mol. The van der Waals surface area contributed by atoms with Gasteiger partial charge in [-0.05, 0) is 28.5 Å². The van der Waals surface area contributed by atoms with Crippen molar-refractivity contribution in [1.82, 2.24) is 4.90 Å². The molecule has 1 aromatic carbocycles. The van der Waals surface area contributed by atoms with Gasteiger partial charge in [-0.2, -0.15) is 0 Å². The summed E-state index contributed by atoms with van der Waals surface area (Å²) in [4.78, 5) is 2.27. The topological polar surface area (TPSA) is 38.5 Å². The summed E-state index contributed by atoms with van der Waals surface area (Å²) in [6, 6.07) is 4.75. The van der Waals surface area contributed by atoms with Gasteiger partial charge in [0.25, 0.3) is 0 Å². The van der Waals surface area contributed by atoms with Crippen LogP contribution in [-0.2, 0) is 4.74 Å². The second-order valence-corrected chi connectivity index (χ2v) is 5.33. The van der Waals surface area contributed by atoms with Gasteiger partial charge >= 0.3 is 0 Å². The first-order valence-corrected chi connectivity index (χ1v) is 6.96. The van der Waals surface area contributed by atoms with Crippen LogP contribution in [0.1, 0.15) is 18.5 Å². The van der Waals surface area contributed by atoms with Crippen LogP contribution in [-0.4, -0.2) is 37.2 Å². The molecule has 0 aliphatic carbocycles. The van der Waals surface area contributed by atoms with E-state index in [9.17, 15) is 4.39 Å². The molecule has 1 saturated heterocycles. The Morgan fingerprint density at radius 2 is 2.39 bits per heavy atom. The van der Waals surface area contributed by atoms with Crippen LogP contribution in [0.2, 0.25) is 0 Å². The van der Waals surface area contributed by atoms with Gasteiger partial charge in [-0.15, -0.1) is 0 Å². The van der Waals surface area contributed by atoms with E-state index in [1.54, 1.807) is 18.2 Å². The Morgan fingerprint density at radius 1 is 1.61 bits per heavy atom. The molecular weight excluding hydrogens is 299 g/mol. The summed E-state index contributed by atoms with van der Waals surface area (Å²) in [5.74, 6) is -0.290. The van der Waals surface area contributed by atoms with Crippen molar-refractivity contribution in [3.05, 3.63) is 34.1 Å². The molecule has 3 nitrogen and oxygen atoms in total. The van der Waals surface area contributed by atoms with E-state index in [1.807, 2.05) is 0 Å². The van der Waals surface area contributed by atoms with Crippen molar-refractivity contribution in [3.63, 3.8) is 0 Å². The number of nitrogens with two attached hydrogens (primary N) is 1. The minimum Gasteiger partial charge on any atom is -0.374 e. The van der Waals surface area contributed by atoms with Gasteiger partial charge in [0.2, 0.25) is 0 Å². The maximum Gasteiger partial charge on any atom is 0.142 e. The molecule has 2 unspecified atom stereocenters. The van der Waals surface area contributed by atoms with Crippen molar-refractivity contribution in [2.75, 3.05) is 26.2 Å². The van der Waals surface area contributed by atoms with Crippen LogP contribution in [0.4, 0.5) is 4.39 Å². The zero-order valence-corrected chi connectivity index (χ0v) is 12.0. The number of hydrogen-bond acceptors (Lipinski definition) is 3. The molecule has 18 heavy (non-hydrogen) atoms. The average molecular weight is 317 g/mol. The fourth-order valence-corrected chi connectivity index (χ4v) is 2.60. The molecule has 1 heterocycles. The number of morpholine rings is 1. The molecule has 0 radical (unpaired) electrons. The Labute approximate surface area is 115 Å². The molecule has 2 rings (SSSR count). The molecule has 100 valence electrons. The molecule has 5 heteroatoms. The highest BCUT2D eigenvalue weighted by molar-refractivity contribution is 9.10. The van der Waals surface area contributed by atoms with Crippen molar-refractivity contribution in [1.29, 1.82) is 0 Å². The molecule has 1 aliphatic heterocycles. The minimum atomic E-state index is -0.433. The highest BCUT2D eigenvalue weighted by atomic mass is 79.9. The van der Waals surface area contributed by atoms with Gasteiger partial charge in [-0.3, -0.25) is 4.90 Å². The molecule has 0 amide bonds. The van der Waals surface area contributed by atoms with E-state index >= 15 is 0 Å². The second-order valence-electron chi connectivity index (χ2n) is 4.47. The Kier molecular flexibility index (Phi) is 4.72. The SMILES string of the molecule is CCN1CCOC(C(N)c2cccc(Br)c2F)C1. The Bertz CT molecular complexity index is 416. The zero-order chi connectivity index (χ0) is 13.1. The molecule has 0 bridgehead atoms. The minimum absolute atomic E-state index is 0.150. The van der Waals surface area contributed by atoms with E-state index in [0.717, 1.165) is 19.6 Å². The van der Waals surface area contributed by atoms with Crippen LogP contribution in [0.15, 0.2) is 22.7 Å². The normalized spacial score (nSPS) is 23.0. The third-order valence-corrected chi connectivity index (χ3v) is 3.98. The lowest BCUT2D eigenvalue weighted by Crippen LogP contribution is -2.47. The van der Waals surface area contributed by atoms with E-state index in [0.29, 0.717) is 16.6 Å². The smallest absolute Gasteiger partial charge is 0.142 e. The monoisotopic (exact) mass is 316 g/mol. The summed E-state index contributed by atoms with van der Waals surface area (Å²) < 4.78 is 20.1. The summed E-state index contributed by atoms with van der Waals surface area (Å²) in [5.41, 5.74) is 6.65. The van der Waals surface area contributed by atoms with E-state index < -0.39 is 6.04 Å². The maximum absolute atomic E-state index is 14.0. The molecule has 0 spiro atoms. The molecule has 1 fully saturated rings. The van der Waals surface area contributed by atoms with Crippen molar-refractivity contribution < 1.29 is 9.13 Å². The second kappa shape index (κ2) is 6.10. The highest BCUT2D eigenvalue weighted by Crippen LogP contribution is 2.26. The molecule has 1 aromatic rings. The summed E-state index contributed by atoms with van der Waals surface area (Å²) in [5, 5.41) is 0. The number of likely N-dealkylation sites (N-methyl/N-ethyl adjacent to an activating group) is 1. The first kappa shape index (κ1) is 13.9. The quantitative estimate of drug-likeness (QED) is 0.930. The van der Waals surface area contributed by atoms with E-state index in [1.165, 1.54) is 0 Å². The molecule has 0 saturated carbocycles. The lowest BCUT2D eigenvalue weighted by Gasteiger charge is -2.35. The van der Waals surface area contributed by atoms with Gasteiger partial charge in [0.15, 0.2) is 0 Å². The lowest BCUT2D eigenvalue weighted by atomic mass is 10.0. The van der Waals surface area contributed by atoms with Crippen LogP contribution in [0.3, 0.4) is 0 Å². The summed E-state index contributed by atoms with van der Waals surface area (Å²) >= 11 is 3.18. The summed E-state index contributed by atoms with van der Waals surface area (Å²) in [7, 11) is 0. The van der Waals surface area contributed by atoms with Crippen molar-refractivity contribution >= 4 is 15.9 Å². The van der Waals surface area contributed by atoms with Crippen molar-refractivity contribution in [2.24, 2.45) is 5.73 Å². The zero-order valence-electron chi connectivity index (χ0n) is 10.4. The molecule has 1 aliphatic rings. The number of rotatable bonds is 3. The van der Waals surface area contributed by atoms with Crippen LogP contribution in [0.25, 0.3) is 0 Å². The van der Waals surface area contributed by atoms with Gasteiger partial charge in [0.1, 0.15) is 5.82 Å². The lowest BCUT2D eigenvalue weighted by molar-refractivity contribution is -0.0397. The van der Waals surface area contributed by atoms with Gasteiger partial charge < -0.3 is 10.5 Å². The number of ether oxygens (including phenoxy) is 1. The first-order chi connectivity index (χ1) is 8.63. The van der Waals surface area contributed by atoms with Gasteiger partial charge in [-0.25, -0.2) is 4.39 Å². The summed E-state index contributed by atoms with van der Waals surface area (Å²) in [6.45, 7) is 5.40. The highest BCUT2D eigenvalue weighted by Gasteiger charge is 2.28. The third-order valence-electron chi connectivity index (χ3n) is 3.37. The fraction of sp³-hybridized carbons (Fsp3) is 0.538. The molecule has 2 atom stereocenters. The van der Waals surface area contributed by atoms with Crippen LogP contribution in [0, 0.1) is 5.82 Å². The van der Waals surface area contributed by atoms with Crippen LogP contribution in [0.5, 0.6) is 0 Å². The van der Waals surface area contributed by atoms with Gasteiger partial charge in [0, 0.05) is 18.7 Å². The maximum atomic E-state index is 14.0. The molecule has 2 N–H and O–H groups in total. The molecule has 0 aromatic heterocycles. The first-order valence-electron chi connectivity index (χ1n) is 6.17. The number of benzene rings is 1. The number of nitrogens with zero attached hydrogens (tertiary/aromatic N) is 1. The predicted octanol–water partition coefficient (Wildman–Crippen LogP) is 2.31. The average Bonchev–Trinajstić information content (AvgIpc) is 2.41. The Hall–Kier alpha value is -0.490. The number of hydrogen-bond donors (Lipinski definition) is 1. The van der Waals surface area contributed by atoms with E-state index in [-0.39, 0.29) is 11.9 Å².